The van der Waals surface area contributed by atoms with Crippen molar-refractivity contribution in [3.63, 3.8) is 0 Å². The molecule has 1 aromatic carbocycles. The maximum atomic E-state index is 13.1. The number of hydrogen-bond acceptors (Lipinski definition) is 4. The normalized spacial score (nSPS) is 11.0. The van der Waals surface area contributed by atoms with Gasteiger partial charge in [-0.2, -0.15) is 19.6 Å². The van der Waals surface area contributed by atoms with Crippen LogP contribution < -0.4 is 5.32 Å². The lowest BCUT2D eigenvalue weighted by Crippen LogP contribution is -2.06. The van der Waals surface area contributed by atoms with Crippen molar-refractivity contribution in [2.45, 2.75) is 6.92 Å². The minimum absolute atomic E-state index is 0.282. The summed E-state index contributed by atoms with van der Waals surface area (Å²) in [5.74, 6) is 0.776. The van der Waals surface area contributed by atoms with E-state index in [0.717, 1.165) is 14.8 Å². The van der Waals surface area contributed by atoms with E-state index in [2.05, 4.69) is 43.0 Å². The van der Waals surface area contributed by atoms with E-state index in [1.165, 1.54) is 18.5 Å². The minimum atomic E-state index is -0.282. The van der Waals surface area contributed by atoms with Crippen molar-refractivity contribution in [2.75, 3.05) is 5.32 Å². The first-order chi connectivity index (χ1) is 9.56. The number of halogens is 3. The van der Waals surface area contributed by atoms with Crippen LogP contribution in [0.25, 0.3) is 5.78 Å². The fourth-order valence-corrected chi connectivity index (χ4v) is 2.54. The van der Waals surface area contributed by atoms with Gasteiger partial charge in [-0.1, -0.05) is 11.6 Å². The molecule has 0 bridgehead atoms. The molecule has 8 heteroatoms. The number of anilines is 2. The van der Waals surface area contributed by atoms with Gasteiger partial charge in [-0.3, -0.25) is 0 Å². The molecule has 0 aliphatic carbocycles. The SMILES string of the molecule is Cc1c(Cl)nc2ncnn2c1Nc1ccc(F)cc1I. The Morgan fingerprint density at radius 1 is 1.40 bits per heavy atom. The number of nitrogens with zero attached hydrogens (tertiary/aromatic N) is 4. The van der Waals surface area contributed by atoms with Crippen LogP contribution in [0.1, 0.15) is 5.56 Å². The number of hydrogen-bond donors (Lipinski definition) is 1. The summed E-state index contributed by atoms with van der Waals surface area (Å²) < 4.78 is 15.5. The quantitative estimate of drug-likeness (QED) is 0.525. The Bertz CT molecular complexity index is 804. The first-order valence-electron chi connectivity index (χ1n) is 5.64. The van der Waals surface area contributed by atoms with Gasteiger partial charge in [0.15, 0.2) is 0 Å². The van der Waals surface area contributed by atoms with E-state index < -0.39 is 0 Å². The van der Waals surface area contributed by atoms with Crippen molar-refractivity contribution in [3.05, 3.63) is 44.6 Å². The summed E-state index contributed by atoms with van der Waals surface area (Å²) in [4.78, 5) is 8.14. The zero-order valence-corrected chi connectivity index (χ0v) is 13.1. The average molecular weight is 404 g/mol. The topological polar surface area (TPSA) is 55.1 Å². The number of nitrogens with one attached hydrogen (secondary N) is 1. The summed E-state index contributed by atoms with van der Waals surface area (Å²) >= 11 is 8.15. The molecule has 0 radical (unpaired) electrons. The standard InChI is InChI=1S/C12H8ClFIN5/c1-6-10(13)19-12-16-5-17-20(12)11(6)18-9-3-2-7(14)4-8(9)15/h2-5,18H,1H3. The van der Waals surface area contributed by atoms with Gasteiger partial charge in [0.2, 0.25) is 0 Å². The smallest absolute Gasteiger partial charge is 0.255 e. The fourth-order valence-electron chi connectivity index (χ4n) is 1.76. The average Bonchev–Trinajstić information content (AvgIpc) is 2.85. The molecule has 3 rings (SSSR count). The summed E-state index contributed by atoms with van der Waals surface area (Å²) in [5.41, 5.74) is 1.50. The summed E-state index contributed by atoms with van der Waals surface area (Å²) in [6.07, 6.45) is 1.40. The van der Waals surface area contributed by atoms with Crippen molar-refractivity contribution in [1.82, 2.24) is 19.6 Å². The van der Waals surface area contributed by atoms with Crippen molar-refractivity contribution in [1.29, 1.82) is 0 Å². The Kier molecular flexibility index (Phi) is 3.47. The molecule has 0 saturated carbocycles. The Morgan fingerprint density at radius 2 is 2.20 bits per heavy atom. The van der Waals surface area contributed by atoms with Crippen LogP contribution in [-0.2, 0) is 0 Å². The van der Waals surface area contributed by atoms with Gasteiger partial charge in [-0.15, -0.1) is 0 Å². The number of rotatable bonds is 2. The van der Waals surface area contributed by atoms with Crippen molar-refractivity contribution < 1.29 is 4.39 Å². The Balaban J connectivity index is 2.14. The van der Waals surface area contributed by atoms with E-state index in [1.807, 2.05) is 6.92 Å². The van der Waals surface area contributed by atoms with Crippen LogP contribution in [0.3, 0.4) is 0 Å². The maximum Gasteiger partial charge on any atom is 0.255 e. The van der Waals surface area contributed by atoms with Gasteiger partial charge in [0.05, 0.1) is 5.69 Å². The second kappa shape index (κ2) is 5.13. The highest BCUT2D eigenvalue weighted by atomic mass is 127. The molecule has 3 aromatic rings. The Morgan fingerprint density at radius 3 is 2.95 bits per heavy atom. The van der Waals surface area contributed by atoms with Crippen LogP contribution in [-0.4, -0.2) is 19.6 Å². The third-order valence-electron chi connectivity index (χ3n) is 2.79. The van der Waals surface area contributed by atoms with Crippen LogP contribution in [0.5, 0.6) is 0 Å². The van der Waals surface area contributed by atoms with Gasteiger partial charge >= 0.3 is 0 Å². The summed E-state index contributed by atoms with van der Waals surface area (Å²) in [5, 5.41) is 7.66. The molecule has 102 valence electrons. The van der Waals surface area contributed by atoms with E-state index in [4.69, 9.17) is 11.6 Å². The van der Waals surface area contributed by atoms with Crippen molar-refractivity contribution in [2.24, 2.45) is 0 Å². The monoisotopic (exact) mass is 403 g/mol. The third kappa shape index (κ3) is 2.31. The molecule has 1 N–H and O–H groups in total. The lowest BCUT2D eigenvalue weighted by atomic mass is 10.3. The van der Waals surface area contributed by atoms with E-state index in [9.17, 15) is 4.39 Å². The molecule has 0 saturated heterocycles. The first kappa shape index (κ1) is 13.5. The predicted molar refractivity (Wildman–Crippen MR) is 82.9 cm³/mol. The van der Waals surface area contributed by atoms with Gasteiger partial charge in [-0.05, 0) is 47.7 Å². The zero-order chi connectivity index (χ0) is 14.3. The van der Waals surface area contributed by atoms with Crippen LogP contribution in [0, 0.1) is 16.3 Å². The maximum absolute atomic E-state index is 13.1. The van der Waals surface area contributed by atoms with Crippen molar-refractivity contribution in [3.8, 4) is 0 Å². The van der Waals surface area contributed by atoms with Crippen LogP contribution >= 0.6 is 34.2 Å². The van der Waals surface area contributed by atoms with Gasteiger partial charge in [0, 0.05) is 9.13 Å². The predicted octanol–water partition coefficient (Wildman–Crippen LogP) is 3.57. The minimum Gasteiger partial charge on any atom is -0.339 e. The van der Waals surface area contributed by atoms with Gasteiger partial charge in [-0.25, -0.2) is 4.39 Å². The molecule has 5 nitrogen and oxygen atoms in total. The third-order valence-corrected chi connectivity index (χ3v) is 4.05. The molecule has 2 heterocycles. The molecule has 0 unspecified atom stereocenters. The van der Waals surface area contributed by atoms with Crippen LogP contribution in [0.4, 0.5) is 15.9 Å². The molecule has 0 aliphatic heterocycles. The van der Waals surface area contributed by atoms with Crippen LogP contribution in [0.15, 0.2) is 24.5 Å². The molecule has 20 heavy (non-hydrogen) atoms. The first-order valence-corrected chi connectivity index (χ1v) is 7.10. The largest absolute Gasteiger partial charge is 0.339 e. The summed E-state index contributed by atoms with van der Waals surface area (Å²) in [6, 6.07) is 4.49. The Hall–Kier alpha value is -1.48. The number of benzene rings is 1. The highest BCUT2D eigenvalue weighted by Gasteiger charge is 2.13. The fraction of sp³-hybridized carbons (Fsp3) is 0.0833. The van der Waals surface area contributed by atoms with E-state index in [1.54, 1.807) is 10.6 Å². The lowest BCUT2D eigenvalue weighted by Gasteiger charge is -2.13. The lowest BCUT2D eigenvalue weighted by molar-refractivity contribution is 0.627. The second-order valence-electron chi connectivity index (χ2n) is 4.10. The Labute approximate surface area is 132 Å². The summed E-state index contributed by atoms with van der Waals surface area (Å²) in [6.45, 7) is 1.83. The molecule has 2 aromatic heterocycles. The van der Waals surface area contributed by atoms with Gasteiger partial charge < -0.3 is 5.32 Å². The molecule has 0 amide bonds. The molecule has 0 fully saturated rings. The second-order valence-corrected chi connectivity index (χ2v) is 5.62. The molecule has 0 atom stereocenters. The van der Waals surface area contributed by atoms with Crippen molar-refractivity contribution >= 4 is 51.5 Å². The van der Waals surface area contributed by atoms with Gasteiger partial charge in [0.1, 0.15) is 23.1 Å². The summed E-state index contributed by atoms with van der Waals surface area (Å²) in [7, 11) is 0. The highest BCUT2D eigenvalue weighted by Crippen LogP contribution is 2.28. The molecular formula is C12H8ClFIN5. The van der Waals surface area contributed by atoms with Crippen LogP contribution in [0.2, 0.25) is 5.15 Å². The van der Waals surface area contributed by atoms with Gasteiger partial charge in [0.25, 0.3) is 5.78 Å². The molecule has 0 spiro atoms. The van der Waals surface area contributed by atoms with E-state index >= 15 is 0 Å². The number of fused-ring (bicyclic) bond motifs is 1. The molecule has 0 aliphatic rings. The molecular weight excluding hydrogens is 396 g/mol. The van der Waals surface area contributed by atoms with E-state index in [-0.39, 0.29) is 5.82 Å². The highest BCUT2D eigenvalue weighted by molar-refractivity contribution is 14.1. The van der Waals surface area contributed by atoms with E-state index in [0.29, 0.717) is 16.7 Å². The number of aromatic nitrogens is 4. The zero-order valence-electron chi connectivity index (χ0n) is 10.2.